The Labute approximate surface area is 153 Å². The van der Waals surface area contributed by atoms with Crippen LogP contribution >= 0.6 is 0 Å². The molecule has 0 radical (unpaired) electrons. The van der Waals surface area contributed by atoms with Crippen LogP contribution in [0.25, 0.3) is 0 Å². The van der Waals surface area contributed by atoms with E-state index < -0.39 is 6.10 Å². The summed E-state index contributed by atoms with van der Waals surface area (Å²) in [6.45, 7) is 0. The molecule has 0 fully saturated rings. The molecule has 2 aromatic carbocycles. The van der Waals surface area contributed by atoms with Gasteiger partial charge in [0, 0.05) is 23.3 Å². The minimum Gasteiger partial charge on any atom is -0.497 e. The number of aliphatic hydroxyl groups is 1. The Balaban J connectivity index is 2.70. The predicted molar refractivity (Wildman–Crippen MR) is 96.3 cm³/mol. The first-order chi connectivity index (χ1) is 12.5. The summed E-state index contributed by atoms with van der Waals surface area (Å²) in [5.74, 6) is 2.70. The fourth-order valence-corrected chi connectivity index (χ4v) is 2.74. The van der Waals surface area contributed by atoms with Gasteiger partial charge in [-0.3, -0.25) is 0 Å². The number of ether oxygens (including phenoxy) is 6. The van der Waals surface area contributed by atoms with Crippen molar-refractivity contribution in [2.75, 3.05) is 42.7 Å². The molecule has 2 rings (SSSR count). The molecular formula is C19H24O7. The summed E-state index contributed by atoms with van der Waals surface area (Å²) in [4.78, 5) is 0. The van der Waals surface area contributed by atoms with Gasteiger partial charge >= 0.3 is 0 Å². The van der Waals surface area contributed by atoms with Gasteiger partial charge in [0.25, 0.3) is 0 Å². The van der Waals surface area contributed by atoms with Crippen molar-refractivity contribution in [2.45, 2.75) is 6.10 Å². The van der Waals surface area contributed by atoms with Gasteiger partial charge < -0.3 is 33.5 Å². The molecule has 26 heavy (non-hydrogen) atoms. The van der Waals surface area contributed by atoms with Crippen LogP contribution in [0, 0.1) is 0 Å². The van der Waals surface area contributed by atoms with Crippen LogP contribution in [-0.2, 0) is 0 Å². The minimum atomic E-state index is -1.10. The fraction of sp³-hybridized carbons (Fsp3) is 0.368. The molecule has 0 unspecified atom stereocenters. The number of benzene rings is 2. The number of methoxy groups -OCH3 is 6. The summed E-state index contributed by atoms with van der Waals surface area (Å²) in [6.07, 6.45) is -1.10. The smallest absolute Gasteiger partial charge is 0.167 e. The minimum absolute atomic E-state index is 0.393. The molecule has 0 saturated heterocycles. The number of hydrogen-bond acceptors (Lipinski definition) is 7. The number of aliphatic hydroxyl groups excluding tert-OH is 1. The fourth-order valence-electron chi connectivity index (χ4n) is 2.74. The van der Waals surface area contributed by atoms with Crippen LogP contribution in [0.5, 0.6) is 34.5 Å². The van der Waals surface area contributed by atoms with E-state index in [9.17, 15) is 5.11 Å². The molecule has 0 heterocycles. The maximum Gasteiger partial charge on any atom is 0.167 e. The summed E-state index contributed by atoms with van der Waals surface area (Å²) in [5, 5.41) is 11.1. The first-order valence-electron chi connectivity index (χ1n) is 7.82. The van der Waals surface area contributed by atoms with Crippen LogP contribution in [-0.4, -0.2) is 47.8 Å². The van der Waals surface area contributed by atoms with Crippen molar-refractivity contribution in [3.05, 3.63) is 35.4 Å². The molecule has 0 aliphatic heterocycles. The van der Waals surface area contributed by atoms with E-state index in [1.54, 1.807) is 24.3 Å². The first-order valence-corrected chi connectivity index (χ1v) is 7.82. The van der Waals surface area contributed by atoms with Gasteiger partial charge in [0.2, 0.25) is 0 Å². The van der Waals surface area contributed by atoms with Crippen LogP contribution in [0.3, 0.4) is 0 Å². The van der Waals surface area contributed by atoms with Crippen molar-refractivity contribution in [3.8, 4) is 34.5 Å². The summed E-state index contributed by atoms with van der Waals surface area (Å²) < 4.78 is 32.2. The van der Waals surface area contributed by atoms with E-state index in [1.165, 1.54) is 42.7 Å². The zero-order chi connectivity index (χ0) is 19.3. The molecule has 142 valence electrons. The largest absolute Gasteiger partial charge is 0.497 e. The highest BCUT2D eigenvalue weighted by molar-refractivity contribution is 5.59. The quantitative estimate of drug-likeness (QED) is 0.772. The third kappa shape index (κ3) is 3.57. The molecule has 0 aromatic heterocycles. The lowest BCUT2D eigenvalue weighted by Crippen LogP contribution is -2.07. The van der Waals surface area contributed by atoms with E-state index in [1.807, 2.05) is 0 Å². The van der Waals surface area contributed by atoms with Crippen LogP contribution in [0.15, 0.2) is 24.3 Å². The zero-order valence-corrected chi connectivity index (χ0v) is 15.8. The summed E-state index contributed by atoms with van der Waals surface area (Å²) in [5.41, 5.74) is 0.912. The first kappa shape index (κ1) is 19.5. The SMILES string of the molecule is COc1cc(OC)c(OC)c(C(O)c2cc(OC)cc(OC)c2OC)c1. The van der Waals surface area contributed by atoms with E-state index in [0.717, 1.165) is 0 Å². The van der Waals surface area contributed by atoms with E-state index >= 15 is 0 Å². The average Bonchev–Trinajstić information content (AvgIpc) is 2.70. The van der Waals surface area contributed by atoms with Gasteiger partial charge in [-0.15, -0.1) is 0 Å². The third-order valence-electron chi connectivity index (χ3n) is 4.02. The van der Waals surface area contributed by atoms with Gasteiger partial charge in [-0.05, 0) is 12.1 Å². The Hall–Kier alpha value is -2.80. The van der Waals surface area contributed by atoms with Crippen molar-refractivity contribution < 1.29 is 33.5 Å². The lowest BCUT2D eigenvalue weighted by Gasteiger charge is -2.22. The molecule has 0 amide bonds. The molecular weight excluding hydrogens is 340 g/mol. The lowest BCUT2D eigenvalue weighted by atomic mass is 9.98. The average molecular weight is 364 g/mol. The third-order valence-corrected chi connectivity index (χ3v) is 4.02. The van der Waals surface area contributed by atoms with Crippen molar-refractivity contribution >= 4 is 0 Å². The molecule has 7 nitrogen and oxygen atoms in total. The summed E-state index contributed by atoms with van der Waals surface area (Å²) in [7, 11) is 9.11. The van der Waals surface area contributed by atoms with Crippen LogP contribution in [0.2, 0.25) is 0 Å². The lowest BCUT2D eigenvalue weighted by molar-refractivity contribution is 0.205. The maximum atomic E-state index is 11.1. The molecule has 0 saturated carbocycles. The second-order valence-corrected chi connectivity index (χ2v) is 5.31. The van der Waals surface area contributed by atoms with Crippen LogP contribution < -0.4 is 28.4 Å². The molecule has 0 spiro atoms. The predicted octanol–water partition coefficient (Wildman–Crippen LogP) is 2.82. The van der Waals surface area contributed by atoms with E-state index in [-0.39, 0.29) is 0 Å². The van der Waals surface area contributed by atoms with Gasteiger partial charge in [-0.25, -0.2) is 0 Å². The van der Waals surface area contributed by atoms with Crippen molar-refractivity contribution in [3.63, 3.8) is 0 Å². The van der Waals surface area contributed by atoms with Crippen molar-refractivity contribution in [2.24, 2.45) is 0 Å². The van der Waals surface area contributed by atoms with Gasteiger partial charge in [-0.1, -0.05) is 0 Å². The normalized spacial score (nSPS) is 10.5. The molecule has 7 heteroatoms. The second-order valence-electron chi connectivity index (χ2n) is 5.31. The molecule has 1 N–H and O–H groups in total. The Morgan fingerprint density at radius 3 is 1.23 bits per heavy atom. The standard InChI is InChI=1S/C19H24O7/c1-21-11-7-13(18(25-5)15(9-11)23-3)17(20)14-8-12(22-2)10-16(24-4)19(14)26-6/h7-10,17,20H,1-6H3. The van der Waals surface area contributed by atoms with E-state index in [4.69, 9.17) is 28.4 Å². The number of hydrogen-bond donors (Lipinski definition) is 1. The van der Waals surface area contributed by atoms with E-state index in [2.05, 4.69) is 0 Å². The summed E-state index contributed by atoms with van der Waals surface area (Å²) in [6, 6.07) is 6.71. The Kier molecular flexibility index (Phi) is 6.41. The molecule has 0 bridgehead atoms. The Morgan fingerprint density at radius 2 is 0.962 bits per heavy atom. The van der Waals surface area contributed by atoms with Gasteiger partial charge in [0.15, 0.2) is 23.0 Å². The van der Waals surface area contributed by atoms with Crippen molar-refractivity contribution in [1.82, 2.24) is 0 Å². The van der Waals surface area contributed by atoms with Crippen molar-refractivity contribution in [1.29, 1.82) is 0 Å². The highest BCUT2D eigenvalue weighted by Crippen LogP contribution is 2.45. The summed E-state index contributed by atoms with van der Waals surface area (Å²) >= 11 is 0. The Bertz CT molecular complexity index is 695. The van der Waals surface area contributed by atoms with Gasteiger partial charge in [0.05, 0.1) is 42.7 Å². The maximum absolute atomic E-state index is 11.1. The monoisotopic (exact) mass is 364 g/mol. The zero-order valence-electron chi connectivity index (χ0n) is 15.8. The van der Waals surface area contributed by atoms with Crippen LogP contribution in [0.1, 0.15) is 17.2 Å². The van der Waals surface area contributed by atoms with E-state index in [0.29, 0.717) is 45.6 Å². The van der Waals surface area contributed by atoms with Gasteiger partial charge in [0.1, 0.15) is 17.6 Å². The molecule has 0 atom stereocenters. The highest BCUT2D eigenvalue weighted by Gasteiger charge is 2.26. The molecule has 0 aliphatic rings. The highest BCUT2D eigenvalue weighted by atomic mass is 16.5. The van der Waals surface area contributed by atoms with Gasteiger partial charge in [-0.2, -0.15) is 0 Å². The molecule has 2 aromatic rings. The van der Waals surface area contributed by atoms with Crippen LogP contribution in [0.4, 0.5) is 0 Å². The second kappa shape index (κ2) is 8.53. The molecule has 0 aliphatic carbocycles. The Morgan fingerprint density at radius 1 is 0.577 bits per heavy atom. The number of rotatable bonds is 8. The topological polar surface area (TPSA) is 75.6 Å².